The van der Waals surface area contributed by atoms with Crippen molar-refractivity contribution < 1.29 is 23.8 Å². The van der Waals surface area contributed by atoms with Gasteiger partial charge in [-0.3, -0.25) is 9.59 Å². The van der Waals surface area contributed by atoms with Gasteiger partial charge in [-0.1, -0.05) is 18.2 Å². The molecule has 31 heavy (non-hydrogen) atoms. The molecule has 1 amide bonds. The summed E-state index contributed by atoms with van der Waals surface area (Å²) >= 11 is 0. The van der Waals surface area contributed by atoms with Gasteiger partial charge in [-0.2, -0.15) is 5.10 Å². The Morgan fingerprint density at radius 2 is 2.03 bits per heavy atom. The molecule has 9 nitrogen and oxygen atoms in total. The molecule has 1 aliphatic heterocycles. The number of fused-ring (bicyclic) bond motifs is 2. The highest BCUT2D eigenvalue weighted by molar-refractivity contribution is 6.00. The average Bonchev–Trinajstić information content (AvgIpc) is 3.37. The smallest absolute Gasteiger partial charge is 0.325 e. The van der Waals surface area contributed by atoms with E-state index >= 15 is 0 Å². The summed E-state index contributed by atoms with van der Waals surface area (Å²) in [7, 11) is 0. The fraction of sp³-hybridized carbons (Fsp3) is 0.227. The van der Waals surface area contributed by atoms with Crippen molar-refractivity contribution in [3.05, 3.63) is 54.2 Å². The molecule has 0 radical (unpaired) electrons. The third kappa shape index (κ3) is 4.77. The number of hydrazone groups is 1. The van der Waals surface area contributed by atoms with Crippen LogP contribution in [0.2, 0.25) is 0 Å². The molecule has 0 fully saturated rings. The van der Waals surface area contributed by atoms with Gasteiger partial charge in [0.05, 0.1) is 19.4 Å². The minimum atomic E-state index is -0.311. The number of hydrogen-bond donors (Lipinski definition) is 2. The fourth-order valence-electron chi connectivity index (χ4n) is 3.26. The lowest BCUT2D eigenvalue weighted by molar-refractivity contribution is -0.143. The van der Waals surface area contributed by atoms with Crippen LogP contribution in [-0.4, -0.2) is 42.6 Å². The molecule has 0 bridgehead atoms. The van der Waals surface area contributed by atoms with Crippen molar-refractivity contribution in [3.8, 4) is 11.5 Å². The monoisotopic (exact) mass is 422 g/mol. The fourth-order valence-corrected chi connectivity index (χ4v) is 3.26. The van der Waals surface area contributed by atoms with Gasteiger partial charge in [-0.05, 0) is 25.1 Å². The van der Waals surface area contributed by atoms with Crippen molar-refractivity contribution in [2.75, 3.05) is 25.3 Å². The number of benzene rings is 2. The summed E-state index contributed by atoms with van der Waals surface area (Å²) < 4.78 is 17.4. The lowest BCUT2D eigenvalue weighted by Gasteiger charge is -2.06. The molecule has 0 saturated carbocycles. The Kier molecular flexibility index (Phi) is 6.02. The summed E-state index contributed by atoms with van der Waals surface area (Å²) in [6.07, 6.45) is 3.37. The van der Waals surface area contributed by atoms with Crippen LogP contribution in [0.25, 0.3) is 10.9 Å². The van der Waals surface area contributed by atoms with E-state index in [9.17, 15) is 9.59 Å². The Balaban J connectivity index is 1.37. The number of anilines is 1. The van der Waals surface area contributed by atoms with E-state index in [1.54, 1.807) is 29.8 Å². The number of aromatic nitrogens is 1. The van der Waals surface area contributed by atoms with E-state index < -0.39 is 0 Å². The highest BCUT2D eigenvalue weighted by Gasteiger charge is 2.13. The SMILES string of the molecule is CCOC(=O)Cn1cc(/C=N\NC(=O)CNc2ccc3c(c2)OCO3)c2ccccc21. The summed E-state index contributed by atoms with van der Waals surface area (Å²) in [5, 5.41) is 7.98. The van der Waals surface area contributed by atoms with Gasteiger partial charge in [0.2, 0.25) is 6.79 Å². The van der Waals surface area contributed by atoms with Gasteiger partial charge < -0.3 is 24.1 Å². The van der Waals surface area contributed by atoms with Gasteiger partial charge >= 0.3 is 5.97 Å². The molecule has 2 N–H and O–H groups in total. The maximum Gasteiger partial charge on any atom is 0.325 e. The Labute approximate surface area is 178 Å². The largest absolute Gasteiger partial charge is 0.465 e. The Bertz CT molecular complexity index is 1140. The first-order valence-corrected chi connectivity index (χ1v) is 9.83. The van der Waals surface area contributed by atoms with Crippen LogP contribution in [0.15, 0.2) is 53.8 Å². The lowest BCUT2D eigenvalue weighted by atomic mass is 10.2. The van der Waals surface area contributed by atoms with E-state index in [1.165, 1.54) is 0 Å². The molecule has 0 saturated heterocycles. The molecule has 2 aromatic carbocycles. The van der Waals surface area contributed by atoms with Crippen LogP contribution in [0.3, 0.4) is 0 Å². The summed E-state index contributed by atoms with van der Waals surface area (Å²) in [5.41, 5.74) is 4.90. The molecule has 0 spiro atoms. The summed E-state index contributed by atoms with van der Waals surface area (Å²) in [6, 6.07) is 13.0. The first kappa shape index (κ1) is 20.3. The maximum atomic E-state index is 12.1. The third-order valence-corrected chi connectivity index (χ3v) is 4.64. The lowest BCUT2D eigenvalue weighted by Crippen LogP contribution is -2.25. The zero-order valence-electron chi connectivity index (χ0n) is 17.0. The van der Waals surface area contributed by atoms with Crippen LogP contribution in [0.4, 0.5) is 5.69 Å². The Morgan fingerprint density at radius 3 is 2.90 bits per heavy atom. The van der Waals surface area contributed by atoms with E-state index in [-0.39, 0.29) is 31.8 Å². The number of carbonyl (C=O) groups excluding carboxylic acids is 2. The van der Waals surface area contributed by atoms with Gasteiger partial charge in [-0.15, -0.1) is 0 Å². The van der Waals surface area contributed by atoms with Crippen molar-refractivity contribution >= 4 is 34.7 Å². The number of hydrogen-bond acceptors (Lipinski definition) is 7. The van der Waals surface area contributed by atoms with Crippen molar-refractivity contribution in [1.29, 1.82) is 0 Å². The average molecular weight is 422 g/mol. The van der Waals surface area contributed by atoms with Gasteiger partial charge in [0.1, 0.15) is 6.54 Å². The highest BCUT2D eigenvalue weighted by Crippen LogP contribution is 2.34. The van der Waals surface area contributed by atoms with Crippen LogP contribution in [0.5, 0.6) is 11.5 Å². The second-order valence-corrected chi connectivity index (χ2v) is 6.75. The molecule has 160 valence electrons. The van der Waals surface area contributed by atoms with Gasteiger partial charge in [0.15, 0.2) is 11.5 Å². The summed E-state index contributed by atoms with van der Waals surface area (Å²) in [5.74, 6) is 0.711. The zero-order chi connectivity index (χ0) is 21.6. The number of nitrogens with one attached hydrogen (secondary N) is 2. The molecule has 0 aliphatic carbocycles. The first-order chi connectivity index (χ1) is 15.1. The van der Waals surface area contributed by atoms with E-state index in [0.29, 0.717) is 18.1 Å². The summed E-state index contributed by atoms with van der Waals surface area (Å²) in [6.45, 7) is 2.45. The van der Waals surface area contributed by atoms with Crippen molar-refractivity contribution in [2.24, 2.45) is 5.10 Å². The molecule has 4 rings (SSSR count). The zero-order valence-corrected chi connectivity index (χ0v) is 17.0. The van der Waals surface area contributed by atoms with Gasteiger partial charge in [0, 0.05) is 34.4 Å². The molecule has 0 unspecified atom stereocenters. The predicted octanol–water partition coefficient (Wildman–Crippen LogP) is 2.50. The second-order valence-electron chi connectivity index (χ2n) is 6.75. The molecular weight excluding hydrogens is 400 g/mol. The molecule has 1 aliphatic rings. The molecule has 3 aromatic rings. The van der Waals surface area contributed by atoms with Crippen molar-refractivity contribution in [1.82, 2.24) is 9.99 Å². The van der Waals surface area contributed by atoms with Crippen molar-refractivity contribution in [3.63, 3.8) is 0 Å². The van der Waals surface area contributed by atoms with Crippen LogP contribution >= 0.6 is 0 Å². The van der Waals surface area contributed by atoms with Crippen LogP contribution in [-0.2, 0) is 20.9 Å². The van der Waals surface area contributed by atoms with Crippen LogP contribution < -0.4 is 20.2 Å². The molecule has 9 heteroatoms. The maximum absolute atomic E-state index is 12.1. The summed E-state index contributed by atoms with van der Waals surface area (Å²) in [4.78, 5) is 24.0. The topological polar surface area (TPSA) is 103 Å². The number of para-hydroxylation sites is 1. The van der Waals surface area contributed by atoms with Gasteiger partial charge in [-0.25, -0.2) is 5.43 Å². The normalized spacial score (nSPS) is 12.3. The first-order valence-electron chi connectivity index (χ1n) is 9.83. The minimum absolute atomic E-state index is 0.0433. The standard InChI is InChI=1S/C22H22N4O5/c1-2-29-22(28)13-26-12-15(17-5-3-4-6-18(17)26)10-24-25-21(27)11-23-16-7-8-19-20(9-16)31-14-30-19/h3-10,12,23H,2,11,13-14H2,1H3,(H,25,27)/b24-10-. The molecular formula is C22H22N4O5. The van der Waals surface area contributed by atoms with E-state index in [2.05, 4.69) is 15.8 Å². The molecule has 1 aromatic heterocycles. The molecule has 2 heterocycles. The number of nitrogens with zero attached hydrogens (tertiary/aromatic N) is 2. The number of esters is 1. The Morgan fingerprint density at radius 1 is 1.19 bits per heavy atom. The predicted molar refractivity (Wildman–Crippen MR) is 115 cm³/mol. The molecule has 0 atom stereocenters. The van der Waals surface area contributed by atoms with E-state index in [0.717, 1.165) is 22.2 Å². The number of rotatable bonds is 8. The number of amides is 1. The quantitative estimate of drug-likeness (QED) is 0.328. The Hall–Kier alpha value is -4.01. The van der Waals surface area contributed by atoms with Gasteiger partial charge in [0.25, 0.3) is 5.91 Å². The number of carbonyl (C=O) groups is 2. The third-order valence-electron chi connectivity index (χ3n) is 4.64. The highest BCUT2D eigenvalue weighted by atomic mass is 16.7. The minimum Gasteiger partial charge on any atom is -0.465 e. The second kappa shape index (κ2) is 9.21. The van der Waals surface area contributed by atoms with Crippen LogP contribution in [0, 0.1) is 0 Å². The number of ether oxygens (including phenoxy) is 3. The van der Waals surface area contributed by atoms with E-state index in [1.807, 2.05) is 36.5 Å². The van der Waals surface area contributed by atoms with Crippen LogP contribution in [0.1, 0.15) is 12.5 Å². The van der Waals surface area contributed by atoms with Crippen molar-refractivity contribution in [2.45, 2.75) is 13.5 Å². The van der Waals surface area contributed by atoms with E-state index in [4.69, 9.17) is 14.2 Å².